The van der Waals surface area contributed by atoms with Crippen molar-refractivity contribution >= 4 is 6.21 Å². The molecule has 5 heteroatoms. The van der Waals surface area contributed by atoms with Crippen molar-refractivity contribution in [1.29, 1.82) is 0 Å². The van der Waals surface area contributed by atoms with Crippen LogP contribution in [0.3, 0.4) is 0 Å². The van der Waals surface area contributed by atoms with E-state index in [1.807, 2.05) is 32.3 Å². The summed E-state index contributed by atoms with van der Waals surface area (Å²) in [5, 5.41) is 3.53. The van der Waals surface area contributed by atoms with Crippen molar-refractivity contribution in [3.63, 3.8) is 0 Å². The molecule has 1 aromatic rings. The summed E-state index contributed by atoms with van der Waals surface area (Å²) in [7, 11) is 5.69. The Labute approximate surface area is 108 Å². The molecule has 1 rings (SSSR count). The Bertz CT molecular complexity index is 392. The summed E-state index contributed by atoms with van der Waals surface area (Å²) in [6.45, 7) is 1.61. The second-order valence-corrected chi connectivity index (χ2v) is 4.16. The summed E-state index contributed by atoms with van der Waals surface area (Å²) < 4.78 is 11.0. The maximum atomic E-state index is 5.76. The second-order valence-electron chi connectivity index (χ2n) is 4.16. The van der Waals surface area contributed by atoms with Gasteiger partial charge in [-0.3, -0.25) is 0 Å². The van der Waals surface area contributed by atoms with E-state index in [-0.39, 0.29) is 0 Å². The van der Waals surface area contributed by atoms with Gasteiger partial charge in [-0.1, -0.05) is 6.07 Å². The standard InChI is InChI=1S/C13H21N3O2/c1-16(2)8-5-9-18-13-11(10-15-14)6-4-7-12(13)17-3/h4,6-7,10H,5,8-9,14H2,1-3H3. The van der Waals surface area contributed by atoms with Crippen LogP contribution in [0.25, 0.3) is 0 Å². The highest BCUT2D eigenvalue weighted by atomic mass is 16.5. The first-order valence-corrected chi connectivity index (χ1v) is 5.86. The molecule has 0 unspecified atom stereocenters. The van der Waals surface area contributed by atoms with E-state index in [1.54, 1.807) is 13.3 Å². The van der Waals surface area contributed by atoms with Gasteiger partial charge in [-0.15, -0.1) is 0 Å². The number of hydrogen-bond donors (Lipinski definition) is 1. The molecule has 18 heavy (non-hydrogen) atoms. The monoisotopic (exact) mass is 251 g/mol. The van der Waals surface area contributed by atoms with Crippen LogP contribution in [0.4, 0.5) is 0 Å². The molecule has 0 aromatic heterocycles. The van der Waals surface area contributed by atoms with Gasteiger partial charge in [0.25, 0.3) is 0 Å². The fraction of sp³-hybridized carbons (Fsp3) is 0.462. The van der Waals surface area contributed by atoms with Gasteiger partial charge in [0, 0.05) is 12.1 Å². The van der Waals surface area contributed by atoms with Crippen LogP contribution in [0.1, 0.15) is 12.0 Å². The Morgan fingerprint density at radius 1 is 1.39 bits per heavy atom. The minimum Gasteiger partial charge on any atom is -0.493 e. The topological polar surface area (TPSA) is 60.1 Å². The van der Waals surface area contributed by atoms with Crippen LogP contribution in [0, 0.1) is 0 Å². The lowest BCUT2D eigenvalue weighted by Crippen LogP contribution is -2.16. The van der Waals surface area contributed by atoms with E-state index in [9.17, 15) is 0 Å². The van der Waals surface area contributed by atoms with E-state index in [2.05, 4.69) is 10.0 Å². The minimum absolute atomic E-state index is 0.629. The van der Waals surface area contributed by atoms with E-state index < -0.39 is 0 Å². The molecule has 5 nitrogen and oxygen atoms in total. The maximum absolute atomic E-state index is 5.76. The molecular formula is C13H21N3O2. The predicted molar refractivity (Wildman–Crippen MR) is 73.4 cm³/mol. The average molecular weight is 251 g/mol. The van der Waals surface area contributed by atoms with Crippen molar-refractivity contribution in [3.8, 4) is 11.5 Å². The highest BCUT2D eigenvalue weighted by molar-refractivity contribution is 5.84. The molecule has 0 amide bonds. The third-order valence-electron chi connectivity index (χ3n) is 2.44. The zero-order chi connectivity index (χ0) is 13.4. The molecule has 0 radical (unpaired) electrons. The number of para-hydroxylation sites is 1. The first kappa shape index (κ1) is 14.3. The molecule has 0 bridgehead atoms. The lowest BCUT2D eigenvalue weighted by atomic mass is 10.2. The van der Waals surface area contributed by atoms with Crippen LogP contribution in [0.15, 0.2) is 23.3 Å². The fourth-order valence-electron chi connectivity index (χ4n) is 1.58. The third kappa shape index (κ3) is 4.25. The van der Waals surface area contributed by atoms with E-state index in [4.69, 9.17) is 15.3 Å². The molecule has 0 aliphatic heterocycles. The largest absolute Gasteiger partial charge is 0.493 e. The van der Waals surface area contributed by atoms with Crippen molar-refractivity contribution in [2.45, 2.75) is 6.42 Å². The zero-order valence-corrected chi connectivity index (χ0v) is 11.2. The molecule has 0 saturated heterocycles. The van der Waals surface area contributed by atoms with E-state index >= 15 is 0 Å². The van der Waals surface area contributed by atoms with Gasteiger partial charge in [0.1, 0.15) is 0 Å². The lowest BCUT2D eigenvalue weighted by molar-refractivity contribution is 0.268. The van der Waals surface area contributed by atoms with Gasteiger partial charge < -0.3 is 20.2 Å². The van der Waals surface area contributed by atoms with Crippen LogP contribution in [0.5, 0.6) is 11.5 Å². The summed E-state index contributed by atoms with van der Waals surface area (Å²) in [4.78, 5) is 2.12. The smallest absolute Gasteiger partial charge is 0.169 e. The van der Waals surface area contributed by atoms with E-state index in [1.165, 1.54) is 0 Å². The first-order valence-electron chi connectivity index (χ1n) is 5.86. The number of nitrogens with zero attached hydrogens (tertiary/aromatic N) is 2. The fourth-order valence-corrected chi connectivity index (χ4v) is 1.58. The maximum Gasteiger partial charge on any atom is 0.169 e. The third-order valence-corrected chi connectivity index (χ3v) is 2.44. The average Bonchev–Trinajstić information content (AvgIpc) is 2.35. The second kappa shape index (κ2) is 7.55. The van der Waals surface area contributed by atoms with Gasteiger partial charge in [-0.2, -0.15) is 5.10 Å². The Morgan fingerprint density at radius 2 is 2.17 bits per heavy atom. The summed E-state index contributed by atoms with van der Waals surface area (Å²) in [5.41, 5.74) is 0.821. The van der Waals surface area contributed by atoms with Gasteiger partial charge >= 0.3 is 0 Å². The van der Waals surface area contributed by atoms with E-state index in [0.717, 1.165) is 18.5 Å². The van der Waals surface area contributed by atoms with E-state index in [0.29, 0.717) is 18.1 Å². The molecular weight excluding hydrogens is 230 g/mol. The molecule has 0 saturated carbocycles. The number of nitrogens with two attached hydrogens (primary N) is 1. The van der Waals surface area contributed by atoms with Crippen LogP contribution in [-0.4, -0.2) is 45.5 Å². The molecule has 1 aromatic carbocycles. The molecule has 0 fully saturated rings. The predicted octanol–water partition coefficient (Wildman–Crippen LogP) is 1.32. The van der Waals surface area contributed by atoms with Crippen molar-refractivity contribution < 1.29 is 9.47 Å². The van der Waals surface area contributed by atoms with Gasteiger partial charge in [-0.25, -0.2) is 0 Å². The molecule has 100 valence electrons. The van der Waals surface area contributed by atoms with Crippen molar-refractivity contribution in [1.82, 2.24) is 4.90 Å². The summed E-state index contributed by atoms with van der Waals surface area (Å²) in [5.74, 6) is 6.56. The summed E-state index contributed by atoms with van der Waals surface area (Å²) in [6, 6.07) is 5.62. The van der Waals surface area contributed by atoms with Crippen LogP contribution in [0.2, 0.25) is 0 Å². The number of methoxy groups -OCH3 is 1. The summed E-state index contributed by atoms with van der Waals surface area (Å²) in [6.07, 6.45) is 2.51. The quantitative estimate of drug-likeness (QED) is 0.343. The number of hydrazone groups is 1. The van der Waals surface area contributed by atoms with Gasteiger partial charge in [0.05, 0.1) is 19.9 Å². The SMILES string of the molecule is COc1cccc(C=NN)c1OCCCN(C)C. The molecule has 0 spiro atoms. The molecule has 0 atom stereocenters. The lowest BCUT2D eigenvalue weighted by Gasteiger charge is -2.14. The Balaban J connectivity index is 2.71. The minimum atomic E-state index is 0.629. The van der Waals surface area contributed by atoms with Gasteiger partial charge in [-0.05, 0) is 32.6 Å². The van der Waals surface area contributed by atoms with Crippen LogP contribution >= 0.6 is 0 Å². The Kier molecular flexibility index (Phi) is 6.00. The number of hydrogen-bond acceptors (Lipinski definition) is 5. The Hall–Kier alpha value is -1.75. The number of ether oxygens (including phenoxy) is 2. The van der Waals surface area contributed by atoms with Gasteiger partial charge in [0.15, 0.2) is 11.5 Å². The molecule has 0 aliphatic rings. The number of benzene rings is 1. The number of rotatable bonds is 7. The van der Waals surface area contributed by atoms with Crippen molar-refractivity contribution in [2.24, 2.45) is 10.9 Å². The van der Waals surface area contributed by atoms with Crippen LogP contribution in [-0.2, 0) is 0 Å². The normalized spacial score (nSPS) is 11.1. The molecule has 0 heterocycles. The van der Waals surface area contributed by atoms with Crippen molar-refractivity contribution in [2.75, 3.05) is 34.4 Å². The van der Waals surface area contributed by atoms with Gasteiger partial charge in [0.2, 0.25) is 0 Å². The summed E-state index contributed by atoms with van der Waals surface area (Å²) >= 11 is 0. The zero-order valence-electron chi connectivity index (χ0n) is 11.2. The first-order chi connectivity index (χ1) is 8.69. The Morgan fingerprint density at radius 3 is 2.78 bits per heavy atom. The highest BCUT2D eigenvalue weighted by Gasteiger charge is 2.08. The molecule has 0 aliphatic carbocycles. The van der Waals surface area contributed by atoms with Crippen molar-refractivity contribution in [3.05, 3.63) is 23.8 Å². The molecule has 2 N–H and O–H groups in total. The highest BCUT2D eigenvalue weighted by Crippen LogP contribution is 2.30. The van der Waals surface area contributed by atoms with Crippen LogP contribution < -0.4 is 15.3 Å².